The van der Waals surface area contributed by atoms with Crippen molar-refractivity contribution >= 4 is 10.0 Å². The Morgan fingerprint density at radius 1 is 1.14 bits per heavy atom. The van der Waals surface area contributed by atoms with E-state index in [1.165, 1.54) is 6.42 Å². The minimum absolute atomic E-state index is 0.124. The summed E-state index contributed by atoms with van der Waals surface area (Å²) in [6.07, 6.45) is 5.19. The number of piperazine rings is 1. The summed E-state index contributed by atoms with van der Waals surface area (Å²) in [5.41, 5.74) is 0. The highest BCUT2D eigenvalue weighted by Gasteiger charge is 2.39. The molecule has 0 aromatic rings. The third kappa shape index (κ3) is 3.60. The first-order valence-corrected chi connectivity index (χ1v) is 9.98. The molecule has 0 amide bonds. The molecule has 2 atom stereocenters. The van der Waals surface area contributed by atoms with Crippen molar-refractivity contribution in [2.75, 3.05) is 38.6 Å². The first kappa shape index (κ1) is 15.7. The lowest BCUT2D eigenvalue weighted by Crippen LogP contribution is -2.57. The lowest BCUT2D eigenvalue weighted by atomic mass is 9.98. The fourth-order valence-corrected chi connectivity index (χ4v) is 5.90. The predicted octanol–water partition coefficient (Wildman–Crippen LogP) is 1.30. The van der Waals surface area contributed by atoms with Gasteiger partial charge >= 0.3 is 0 Å². The van der Waals surface area contributed by atoms with E-state index in [2.05, 4.69) is 11.8 Å². The van der Waals surface area contributed by atoms with E-state index < -0.39 is 10.0 Å². The van der Waals surface area contributed by atoms with Gasteiger partial charge in [-0.2, -0.15) is 4.31 Å². The van der Waals surface area contributed by atoms with Gasteiger partial charge in [-0.05, 0) is 51.5 Å². The first-order valence-electron chi connectivity index (χ1n) is 8.37. The molecule has 5 nitrogen and oxygen atoms in total. The highest BCUT2D eigenvalue weighted by atomic mass is 32.2. The normalized spacial score (nSPS) is 33.2. The van der Waals surface area contributed by atoms with Crippen molar-refractivity contribution in [2.45, 2.75) is 51.1 Å². The Hall–Kier alpha value is -0.170. The molecule has 3 saturated heterocycles. The number of sulfonamides is 1. The Kier molecular flexibility index (Phi) is 4.88. The smallest absolute Gasteiger partial charge is 0.214 e. The molecule has 0 N–H and O–H groups in total. The van der Waals surface area contributed by atoms with E-state index in [-0.39, 0.29) is 6.04 Å². The zero-order valence-corrected chi connectivity index (χ0v) is 13.9. The minimum atomic E-state index is -3.10. The van der Waals surface area contributed by atoms with E-state index in [0.717, 1.165) is 52.0 Å². The van der Waals surface area contributed by atoms with Gasteiger partial charge in [-0.1, -0.05) is 0 Å². The van der Waals surface area contributed by atoms with Gasteiger partial charge in [0.1, 0.15) is 0 Å². The molecule has 0 saturated carbocycles. The van der Waals surface area contributed by atoms with Crippen LogP contribution >= 0.6 is 0 Å². The van der Waals surface area contributed by atoms with Gasteiger partial charge < -0.3 is 4.74 Å². The van der Waals surface area contributed by atoms with Gasteiger partial charge in [0.2, 0.25) is 10.0 Å². The van der Waals surface area contributed by atoms with E-state index in [1.54, 1.807) is 4.31 Å². The van der Waals surface area contributed by atoms with Crippen molar-refractivity contribution in [3.05, 3.63) is 0 Å². The lowest BCUT2D eigenvalue weighted by molar-refractivity contribution is 0.0652. The van der Waals surface area contributed by atoms with Crippen molar-refractivity contribution in [2.24, 2.45) is 5.92 Å². The molecule has 3 aliphatic rings. The van der Waals surface area contributed by atoms with Crippen LogP contribution in [0.5, 0.6) is 0 Å². The Morgan fingerprint density at radius 2 is 1.90 bits per heavy atom. The van der Waals surface area contributed by atoms with Crippen LogP contribution in [0.25, 0.3) is 0 Å². The maximum absolute atomic E-state index is 12.7. The van der Waals surface area contributed by atoms with Crippen molar-refractivity contribution < 1.29 is 13.2 Å². The standard InChI is InChI=1S/C15H28N2O3S/c1-13-11-16-7-2-3-15(16)12-17(13)21(18,19)10-6-14-4-8-20-9-5-14/h13-15H,2-12H2,1H3/t13-,15+/m0/s1. The zero-order valence-electron chi connectivity index (χ0n) is 13.0. The van der Waals surface area contributed by atoms with Gasteiger partial charge in [-0.15, -0.1) is 0 Å². The summed E-state index contributed by atoms with van der Waals surface area (Å²) in [5.74, 6) is 0.839. The maximum Gasteiger partial charge on any atom is 0.214 e. The number of rotatable bonds is 4. The van der Waals surface area contributed by atoms with E-state index in [1.807, 2.05) is 0 Å². The topological polar surface area (TPSA) is 49.9 Å². The second-order valence-electron chi connectivity index (χ2n) is 6.87. The maximum atomic E-state index is 12.7. The molecule has 0 radical (unpaired) electrons. The number of hydrogen-bond donors (Lipinski definition) is 0. The average molecular weight is 316 g/mol. The van der Waals surface area contributed by atoms with Crippen LogP contribution < -0.4 is 0 Å². The van der Waals surface area contributed by atoms with Crippen LogP contribution in [0.3, 0.4) is 0 Å². The molecule has 3 fully saturated rings. The second kappa shape index (κ2) is 6.52. The monoisotopic (exact) mass is 316 g/mol. The van der Waals surface area contributed by atoms with E-state index in [4.69, 9.17) is 4.74 Å². The molecule has 3 heterocycles. The number of hydrogen-bond acceptors (Lipinski definition) is 4. The molecular weight excluding hydrogens is 288 g/mol. The lowest BCUT2D eigenvalue weighted by Gasteiger charge is -2.41. The van der Waals surface area contributed by atoms with Gasteiger partial charge in [0, 0.05) is 38.4 Å². The Bertz CT molecular complexity index is 448. The molecule has 6 heteroatoms. The van der Waals surface area contributed by atoms with Crippen LogP contribution in [0.1, 0.15) is 39.0 Å². The Morgan fingerprint density at radius 3 is 2.67 bits per heavy atom. The fourth-order valence-electron chi connectivity index (χ4n) is 4.02. The van der Waals surface area contributed by atoms with Crippen LogP contribution in [0, 0.1) is 5.92 Å². The molecule has 0 aromatic heterocycles. The van der Waals surface area contributed by atoms with Gasteiger partial charge in [-0.3, -0.25) is 4.90 Å². The highest BCUT2D eigenvalue weighted by molar-refractivity contribution is 7.89. The van der Waals surface area contributed by atoms with Gasteiger partial charge in [0.25, 0.3) is 0 Å². The molecule has 0 aliphatic carbocycles. The van der Waals surface area contributed by atoms with E-state index in [0.29, 0.717) is 24.3 Å². The molecule has 0 unspecified atom stereocenters. The predicted molar refractivity (Wildman–Crippen MR) is 82.7 cm³/mol. The Balaban J connectivity index is 1.58. The van der Waals surface area contributed by atoms with Crippen LogP contribution in [-0.2, 0) is 14.8 Å². The van der Waals surface area contributed by atoms with Gasteiger partial charge in [-0.25, -0.2) is 8.42 Å². The van der Waals surface area contributed by atoms with Gasteiger partial charge in [0.15, 0.2) is 0 Å². The third-order valence-corrected chi connectivity index (χ3v) is 7.34. The van der Waals surface area contributed by atoms with E-state index in [9.17, 15) is 8.42 Å². The van der Waals surface area contributed by atoms with Crippen molar-refractivity contribution in [1.29, 1.82) is 0 Å². The summed E-state index contributed by atoms with van der Waals surface area (Å²) >= 11 is 0. The van der Waals surface area contributed by atoms with Crippen molar-refractivity contribution in [3.63, 3.8) is 0 Å². The first-order chi connectivity index (χ1) is 10.1. The number of ether oxygens (including phenoxy) is 1. The fraction of sp³-hybridized carbons (Fsp3) is 1.00. The summed E-state index contributed by atoms with van der Waals surface area (Å²) in [7, 11) is -3.10. The number of nitrogens with zero attached hydrogens (tertiary/aromatic N) is 2. The van der Waals surface area contributed by atoms with Crippen LogP contribution in [0.2, 0.25) is 0 Å². The summed E-state index contributed by atoms with van der Waals surface area (Å²) in [6, 6.07) is 0.582. The van der Waals surface area contributed by atoms with E-state index >= 15 is 0 Å². The molecule has 3 rings (SSSR count). The molecule has 3 aliphatic heterocycles. The van der Waals surface area contributed by atoms with Crippen molar-refractivity contribution in [3.8, 4) is 0 Å². The SMILES string of the molecule is C[C@H]1CN2CCC[C@@H]2CN1S(=O)(=O)CCC1CCOCC1. The van der Waals surface area contributed by atoms with Crippen LogP contribution in [0.15, 0.2) is 0 Å². The average Bonchev–Trinajstić information content (AvgIpc) is 2.92. The number of fused-ring (bicyclic) bond motifs is 1. The molecule has 0 aromatic carbocycles. The second-order valence-corrected chi connectivity index (χ2v) is 8.91. The summed E-state index contributed by atoms with van der Waals surface area (Å²) < 4.78 is 32.5. The quantitative estimate of drug-likeness (QED) is 0.784. The summed E-state index contributed by atoms with van der Waals surface area (Å²) in [4.78, 5) is 2.47. The third-order valence-electron chi connectivity index (χ3n) is 5.36. The molecule has 21 heavy (non-hydrogen) atoms. The zero-order chi connectivity index (χ0) is 14.9. The largest absolute Gasteiger partial charge is 0.381 e. The summed E-state index contributed by atoms with van der Waals surface area (Å²) in [5, 5.41) is 0. The van der Waals surface area contributed by atoms with Crippen LogP contribution in [0.4, 0.5) is 0 Å². The van der Waals surface area contributed by atoms with Crippen molar-refractivity contribution in [1.82, 2.24) is 9.21 Å². The molecule has 0 bridgehead atoms. The molecule has 0 spiro atoms. The van der Waals surface area contributed by atoms with Gasteiger partial charge in [0.05, 0.1) is 5.75 Å². The van der Waals surface area contributed by atoms with Crippen LogP contribution in [-0.4, -0.2) is 68.3 Å². The molecular formula is C15H28N2O3S. The summed E-state index contributed by atoms with van der Waals surface area (Å²) in [6.45, 7) is 6.40. The molecule has 122 valence electrons. The Labute approximate surface area is 128 Å². The highest BCUT2D eigenvalue weighted by Crippen LogP contribution is 2.27. The minimum Gasteiger partial charge on any atom is -0.381 e.